The van der Waals surface area contributed by atoms with Gasteiger partial charge < -0.3 is 24.8 Å². The number of hydrogen-bond acceptors (Lipinski definition) is 6. The van der Waals surface area contributed by atoms with Crippen molar-refractivity contribution in [3.05, 3.63) is 72.3 Å². The molecule has 238 valence electrons. The number of aliphatic imine (C=N–C) groups is 1. The van der Waals surface area contributed by atoms with E-state index < -0.39 is 0 Å². The first-order valence-corrected chi connectivity index (χ1v) is 15.3. The molecule has 45 heavy (non-hydrogen) atoms. The summed E-state index contributed by atoms with van der Waals surface area (Å²) in [5.41, 5.74) is 9.92. The molecule has 0 aliphatic carbocycles. The van der Waals surface area contributed by atoms with Gasteiger partial charge in [0.15, 0.2) is 0 Å². The summed E-state index contributed by atoms with van der Waals surface area (Å²) in [6, 6.07) is 0. The van der Waals surface area contributed by atoms with Gasteiger partial charge in [-0.2, -0.15) is 0 Å². The predicted octanol–water partition coefficient (Wildman–Crippen LogP) is 3.69. The van der Waals surface area contributed by atoms with Gasteiger partial charge in [-0.3, -0.25) is 19.2 Å². The van der Waals surface area contributed by atoms with Crippen molar-refractivity contribution in [3.63, 3.8) is 0 Å². The van der Waals surface area contributed by atoms with Crippen LogP contribution in [-0.4, -0.2) is 53.7 Å². The second kappa shape index (κ2) is 13.9. The van der Waals surface area contributed by atoms with Crippen molar-refractivity contribution in [1.82, 2.24) is 15.3 Å². The number of hydrogen-bond donors (Lipinski definition) is 3. The zero-order chi connectivity index (χ0) is 33.0. The summed E-state index contributed by atoms with van der Waals surface area (Å²) < 4.78 is 9.83. The van der Waals surface area contributed by atoms with E-state index in [0.717, 1.165) is 66.8 Å². The highest BCUT2D eigenvalue weighted by atomic mass is 16.5. The minimum absolute atomic E-state index is 0.0891. The van der Waals surface area contributed by atoms with E-state index in [4.69, 9.17) is 9.47 Å². The van der Waals surface area contributed by atoms with E-state index >= 15 is 0 Å². The van der Waals surface area contributed by atoms with Gasteiger partial charge in [-0.1, -0.05) is 13.8 Å². The number of ether oxygens (including phenoxy) is 2. The van der Waals surface area contributed by atoms with Crippen LogP contribution in [0.3, 0.4) is 0 Å². The van der Waals surface area contributed by atoms with Crippen LogP contribution in [0, 0.1) is 13.8 Å². The largest absolute Gasteiger partial charge is 0.469 e. The van der Waals surface area contributed by atoms with E-state index in [1.165, 1.54) is 14.2 Å². The van der Waals surface area contributed by atoms with Gasteiger partial charge >= 0.3 is 11.9 Å². The molecule has 4 rings (SSSR count). The number of amides is 2. The van der Waals surface area contributed by atoms with Crippen LogP contribution >= 0.6 is 0 Å². The van der Waals surface area contributed by atoms with Crippen LogP contribution in [0.25, 0.3) is 18.2 Å². The molecule has 0 spiro atoms. The molecule has 2 amide bonds. The highest BCUT2D eigenvalue weighted by molar-refractivity contribution is 6.30. The number of aromatic amines is 2. The Morgan fingerprint density at radius 3 is 1.91 bits per heavy atom. The maximum atomic E-state index is 12.5. The summed E-state index contributed by atoms with van der Waals surface area (Å²) in [5, 5.41) is 4.54. The van der Waals surface area contributed by atoms with Crippen LogP contribution in [0.15, 0.2) is 33.0 Å². The number of nitrogens with one attached hydrogen (secondary N) is 3. The molecule has 0 atom stereocenters. The number of rotatable bonds is 11. The molecule has 0 bridgehead atoms. The molecule has 0 saturated carbocycles. The van der Waals surface area contributed by atoms with Gasteiger partial charge in [0, 0.05) is 51.8 Å². The third-order valence-electron chi connectivity index (χ3n) is 8.78. The molecular weight excluding hydrogens is 572 g/mol. The Morgan fingerprint density at radius 2 is 1.36 bits per heavy atom. The highest BCUT2D eigenvalue weighted by Gasteiger charge is 2.24. The van der Waals surface area contributed by atoms with Crippen molar-refractivity contribution >= 4 is 47.7 Å². The fourth-order valence-electron chi connectivity index (χ4n) is 5.95. The first kappa shape index (κ1) is 33.2. The van der Waals surface area contributed by atoms with Gasteiger partial charge in [0.2, 0.25) is 0 Å². The molecule has 2 aliphatic heterocycles. The normalized spacial score (nSPS) is 16.8. The average Bonchev–Trinajstić information content (AvgIpc) is 3.66. The molecule has 2 aromatic heterocycles. The lowest BCUT2D eigenvalue weighted by Gasteiger charge is -2.04. The lowest BCUT2D eigenvalue weighted by molar-refractivity contribution is -0.141. The Bertz CT molecular complexity index is 1830. The zero-order valence-corrected chi connectivity index (χ0v) is 27.4. The molecule has 4 heterocycles. The van der Waals surface area contributed by atoms with Crippen molar-refractivity contribution < 1.29 is 28.7 Å². The smallest absolute Gasteiger partial charge is 0.305 e. The third-order valence-corrected chi connectivity index (χ3v) is 8.78. The number of allylic oxidation sites excluding steroid dienone is 2. The lowest BCUT2D eigenvalue weighted by atomic mass is 10.0. The van der Waals surface area contributed by atoms with Crippen molar-refractivity contribution in [2.24, 2.45) is 4.99 Å². The third kappa shape index (κ3) is 6.84. The van der Waals surface area contributed by atoms with Gasteiger partial charge in [0.1, 0.15) is 0 Å². The van der Waals surface area contributed by atoms with E-state index in [9.17, 15) is 19.2 Å². The zero-order valence-electron chi connectivity index (χ0n) is 27.4. The van der Waals surface area contributed by atoms with E-state index in [0.29, 0.717) is 37.0 Å². The number of esters is 2. The van der Waals surface area contributed by atoms with Gasteiger partial charge in [0.05, 0.1) is 19.9 Å². The summed E-state index contributed by atoms with van der Waals surface area (Å²) in [7, 11) is 2.74. The summed E-state index contributed by atoms with van der Waals surface area (Å²) in [6.45, 7) is 11.7. The molecule has 0 saturated heterocycles. The summed E-state index contributed by atoms with van der Waals surface area (Å²) in [4.78, 5) is 60.5. The van der Waals surface area contributed by atoms with E-state index in [2.05, 4.69) is 20.3 Å². The summed E-state index contributed by atoms with van der Waals surface area (Å²) >= 11 is 0. The summed E-state index contributed by atoms with van der Waals surface area (Å²) in [6.07, 6.45) is 8.28. The van der Waals surface area contributed by atoms with Crippen molar-refractivity contribution in [3.8, 4) is 0 Å². The maximum absolute atomic E-state index is 12.5. The van der Waals surface area contributed by atoms with Gasteiger partial charge in [0.25, 0.3) is 11.8 Å². The van der Waals surface area contributed by atoms with Crippen molar-refractivity contribution in [2.75, 3.05) is 14.2 Å². The van der Waals surface area contributed by atoms with Gasteiger partial charge in [-0.15, -0.1) is 0 Å². The van der Waals surface area contributed by atoms with E-state index in [1.54, 1.807) is 0 Å². The number of H-pyrrole nitrogens is 2. The van der Waals surface area contributed by atoms with Crippen LogP contribution in [0.5, 0.6) is 0 Å². The summed E-state index contributed by atoms with van der Waals surface area (Å²) in [5.74, 6) is -0.935. The molecule has 2 aliphatic rings. The molecule has 10 nitrogen and oxygen atoms in total. The number of carbonyl (C=O) groups excluding carboxylic acids is 4. The molecule has 0 radical (unpaired) electrons. The van der Waals surface area contributed by atoms with Gasteiger partial charge in [-0.25, -0.2) is 4.99 Å². The second-order valence-corrected chi connectivity index (χ2v) is 11.3. The van der Waals surface area contributed by atoms with Crippen LogP contribution in [-0.2, 0) is 41.5 Å². The van der Waals surface area contributed by atoms with Crippen LogP contribution < -0.4 is 16.0 Å². The van der Waals surface area contributed by atoms with E-state index in [-0.39, 0.29) is 36.6 Å². The number of methoxy groups -OCH3 is 2. The molecule has 2 aromatic rings. The molecule has 3 N–H and O–H groups in total. The minimum atomic E-state index is -0.318. The Labute approximate surface area is 263 Å². The van der Waals surface area contributed by atoms with Gasteiger partial charge in [-0.05, 0) is 105 Å². The molecular formula is C35H42N4O6. The quantitative estimate of drug-likeness (QED) is 0.330. The van der Waals surface area contributed by atoms with Crippen LogP contribution in [0.1, 0.15) is 87.0 Å². The van der Waals surface area contributed by atoms with Crippen molar-refractivity contribution in [2.45, 2.75) is 80.1 Å². The first-order valence-electron chi connectivity index (χ1n) is 15.3. The maximum Gasteiger partial charge on any atom is 0.305 e. The number of carbonyl (C=O) groups is 4. The average molecular weight is 615 g/mol. The molecule has 0 fully saturated rings. The Kier molecular flexibility index (Phi) is 10.3. The Hall–Kier alpha value is -4.73. The van der Waals surface area contributed by atoms with Crippen LogP contribution in [0.2, 0.25) is 0 Å². The van der Waals surface area contributed by atoms with Crippen molar-refractivity contribution in [1.29, 1.82) is 0 Å². The molecule has 0 aromatic carbocycles. The monoisotopic (exact) mass is 614 g/mol. The highest BCUT2D eigenvalue weighted by Crippen LogP contribution is 2.28. The predicted molar refractivity (Wildman–Crippen MR) is 174 cm³/mol. The Morgan fingerprint density at radius 1 is 0.733 bits per heavy atom. The fraction of sp³-hybridized carbons (Fsp3) is 0.400. The first-order chi connectivity index (χ1) is 21.4. The minimum Gasteiger partial charge on any atom is -0.469 e. The SMILES string of the molecule is CCC1=C(C)C(C=c2[nH]c(=Cc3[nH]c(C=C4NC(=O)C(CC)=C4C)c(C)c3CCC(=O)OC)c(CCC(=O)OC)c2C)=NC1=O. The fourth-order valence-corrected chi connectivity index (χ4v) is 5.95. The topological polar surface area (TPSA) is 143 Å². The number of nitrogens with zero attached hydrogens (tertiary/aromatic N) is 1. The molecule has 0 unspecified atom stereocenters. The Balaban J connectivity index is 1.90. The van der Waals surface area contributed by atoms with E-state index in [1.807, 2.05) is 59.8 Å². The number of aromatic nitrogens is 2. The molecule has 10 heteroatoms. The second-order valence-electron chi connectivity index (χ2n) is 11.3. The lowest BCUT2D eigenvalue weighted by Crippen LogP contribution is -2.16. The van der Waals surface area contributed by atoms with Crippen LogP contribution in [0.4, 0.5) is 0 Å². The standard InChI is InChI=1S/C35H42N4O6/c1-9-22-18(3)28(38-34(22)42)15-26-20(5)24(11-13-32(40)44-7)30(36-26)17-31-25(12-14-33(41)45-8)21(6)27(37-31)16-29-19(4)23(10-2)35(43)39-29/h15-17,36-37H,9-14H2,1-8H3,(H,38,42).